The number of nitro groups is 1. The summed E-state index contributed by atoms with van der Waals surface area (Å²) in [6.07, 6.45) is 2.08. The van der Waals surface area contributed by atoms with Gasteiger partial charge in [-0.2, -0.15) is 0 Å². The standard InChI is InChI=1S/C22H27N3O5/c1-29-20-6-2-18(3-7-20)15-24-12-10-17(11-13-24)14-23-22(26)16-30-21-8-4-19(5-9-21)25(27)28/h2-9,17H,10-16H2,1H3,(H,23,26). The third-order valence-electron chi connectivity index (χ3n) is 5.28. The highest BCUT2D eigenvalue weighted by atomic mass is 16.6. The number of nitrogens with zero attached hydrogens (tertiary/aromatic N) is 2. The van der Waals surface area contributed by atoms with E-state index in [0.717, 1.165) is 38.2 Å². The van der Waals surface area contributed by atoms with Crippen LogP contribution in [0.5, 0.6) is 11.5 Å². The van der Waals surface area contributed by atoms with E-state index in [9.17, 15) is 14.9 Å². The Balaban J connectivity index is 1.32. The largest absolute Gasteiger partial charge is 0.497 e. The molecule has 2 aromatic rings. The molecule has 0 bridgehead atoms. The maximum Gasteiger partial charge on any atom is 0.269 e. The van der Waals surface area contributed by atoms with Gasteiger partial charge in [0.05, 0.1) is 12.0 Å². The number of ether oxygens (including phenoxy) is 2. The number of piperidine rings is 1. The average molecular weight is 413 g/mol. The van der Waals surface area contributed by atoms with E-state index in [1.165, 1.54) is 29.8 Å². The van der Waals surface area contributed by atoms with E-state index in [4.69, 9.17) is 9.47 Å². The number of rotatable bonds is 9. The quantitative estimate of drug-likeness (QED) is 0.502. The van der Waals surface area contributed by atoms with Crippen molar-refractivity contribution in [3.63, 3.8) is 0 Å². The van der Waals surface area contributed by atoms with Crippen LogP contribution in [0.3, 0.4) is 0 Å². The van der Waals surface area contributed by atoms with Crippen LogP contribution < -0.4 is 14.8 Å². The van der Waals surface area contributed by atoms with Crippen LogP contribution in [0.2, 0.25) is 0 Å². The van der Waals surface area contributed by atoms with Gasteiger partial charge >= 0.3 is 0 Å². The van der Waals surface area contributed by atoms with Crippen molar-refractivity contribution in [2.75, 3.05) is 33.4 Å². The number of hydrogen-bond acceptors (Lipinski definition) is 6. The van der Waals surface area contributed by atoms with E-state index in [2.05, 4.69) is 22.3 Å². The number of nitro benzene ring substituents is 1. The summed E-state index contributed by atoms with van der Waals surface area (Å²) in [4.78, 5) is 24.6. The predicted octanol–water partition coefficient (Wildman–Crippen LogP) is 3.01. The van der Waals surface area contributed by atoms with Gasteiger partial charge in [0.1, 0.15) is 11.5 Å². The molecule has 1 saturated heterocycles. The van der Waals surface area contributed by atoms with Gasteiger partial charge in [0, 0.05) is 25.2 Å². The highest BCUT2D eigenvalue weighted by Gasteiger charge is 2.20. The molecule has 0 saturated carbocycles. The first kappa shape index (κ1) is 21.6. The lowest BCUT2D eigenvalue weighted by Gasteiger charge is -2.32. The Hall–Kier alpha value is -3.13. The van der Waals surface area contributed by atoms with Crippen LogP contribution in [-0.2, 0) is 11.3 Å². The van der Waals surface area contributed by atoms with E-state index in [0.29, 0.717) is 18.2 Å². The molecule has 0 atom stereocenters. The maximum absolute atomic E-state index is 12.0. The average Bonchev–Trinajstić information content (AvgIpc) is 2.78. The van der Waals surface area contributed by atoms with Gasteiger partial charge < -0.3 is 14.8 Å². The summed E-state index contributed by atoms with van der Waals surface area (Å²) in [6, 6.07) is 13.8. The van der Waals surface area contributed by atoms with Crippen LogP contribution in [0.25, 0.3) is 0 Å². The molecule has 0 aliphatic carbocycles. The predicted molar refractivity (Wildman–Crippen MR) is 113 cm³/mol. The molecule has 0 unspecified atom stereocenters. The number of methoxy groups -OCH3 is 1. The van der Waals surface area contributed by atoms with Gasteiger partial charge in [0.15, 0.2) is 6.61 Å². The Labute approximate surface area is 175 Å². The number of amides is 1. The Morgan fingerprint density at radius 2 is 1.73 bits per heavy atom. The monoisotopic (exact) mass is 413 g/mol. The van der Waals surface area contributed by atoms with Gasteiger partial charge in [-0.15, -0.1) is 0 Å². The van der Waals surface area contributed by atoms with Crippen LogP contribution in [0.1, 0.15) is 18.4 Å². The summed E-state index contributed by atoms with van der Waals surface area (Å²) in [5.41, 5.74) is 1.26. The van der Waals surface area contributed by atoms with Crippen molar-refractivity contribution in [1.29, 1.82) is 0 Å². The molecule has 2 aromatic carbocycles. The Bertz CT molecular complexity index is 831. The van der Waals surface area contributed by atoms with Crippen molar-refractivity contribution in [2.24, 2.45) is 5.92 Å². The van der Waals surface area contributed by atoms with Crippen LogP contribution in [0.4, 0.5) is 5.69 Å². The number of nitrogens with one attached hydrogen (secondary N) is 1. The Morgan fingerprint density at radius 1 is 1.10 bits per heavy atom. The second kappa shape index (κ2) is 10.6. The highest BCUT2D eigenvalue weighted by molar-refractivity contribution is 5.77. The first-order valence-corrected chi connectivity index (χ1v) is 10.0. The summed E-state index contributed by atoms with van der Waals surface area (Å²) in [5.74, 6) is 1.57. The number of carbonyl (C=O) groups is 1. The number of likely N-dealkylation sites (tertiary alicyclic amines) is 1. The van der Waals surface area contributed by atoms with Gasteiger partial charge in [-0.25, -0.2) is 0 Å². The molecule has 8 heteroatoms. The van der Waals surface area contributed by atoms with Crippen LogP contribution >= 0.6 is 0 Å². The zero-order valence-electron chi connectivity index (χ0n) is 17.1. The fourth-order valence-electron chi connectivity index (χ4n) is 3.46. The summed E-state index contributed by atoms with van der Waals surface area (Å²) in [6.45, 7) is 3.47. The van der Waals surface area contributed by atoms with Crippen molar-refractivity contribution in [3.8, 4) is 11.5 Å². The molecule has 1 aliphatic heterocycles. The Kier molecular flexibility index (Phi) is 7.62. The van der Waals surface area contributed by atoms with Gasteiger partial charge in [-0.1, -0.05) is 12.1 Å². The van der Waals surface area contributed by atoms with Crippen molar-refractivity contribution >= 4 is 11.6 Å². The normalized spacial score (nSPS) is 14.8. The molecule has 1 amide bonds. The molecular weight excluding hydrogens is 386 g/mol. The molecule has 3 rings (SSSR count). The van der Waals surface area contributed by atoms with Crippen LogP contribution in [-0.4, -0.2) is 49.1 Å². The maximum atomic E-state index is 12.0. The molecule has 30 heavy (non-hydrogen) atoms. The summed E-state index contributed by atoms with van der Waals surface area (Å²) < 4.78 is 10.6. The van der Waals surface area contributed by atoms with Crippen molar-refractivity contribution < 1.29 is 19.2 Å². The second-order valence-corrected chi connectivity index (χ2v) is 7.41. The van der Waals surface area contributed by atoms with E-state index in [1.807, 2.05) is 12.1 Å². The van der Waals surface area contributed by atoms with Crippen LogP contribution in [0, 0.1) is 16.0 Å². The number of non-ortho nitro benzene ring substituents is 1. The second-order valence-electron chi connectivity index (χ2n) is 7.41. The first-order chi connectivity index (χ1) is 14.5. The zero-order valence-corrected chi connectivity index (χ0v) is 17.1. The minimum atomic E-state index is -0.473. The van der Waals surface area contributed by atoms with Gasteiger partial charge in [-0.05, 0) is 61.7 Å². The topological polar surface area (TPSA) is 93.9 Å². The Morgan fingerprint density at radius 3 is 2.33 bits per heavy atom. The molecule has 0 aromatic heterocycles. The lowest BCUT2D eigenvalue weighted by Crippen LogP contribution is -2.39. The van der Waals surface area contributed by atoms with Gasteiger partial charge in [0.2, 0.25) is 0 Å². The van der Waals surface area contributed by atoms with E-state index in [1.54, 1.807) is 7.11 Å². The minimum Gasteiger partial charge on any atom is -0.497 e. The SMILES string of the molecule is COc1ccc(CN2CCC(CNC(=O)COc3ccc([N+](=O)[O-])cc3)CC2)cc1. The minimum absolute atomic E-state index is 0.00913. The number of carbonyl (C=O) groups excluding carboxylic acids is 1. The highest BCUT2D eigenvalue weighted by Crippen LogP contribution is 2.20. The molecule has 1 aliphatic rings. The van der Waals surface area contributed by atoms with Gasteiger partial charge in [-0.3, -0.25) is 19.8 Å². The molecule has 8 nitrogen and oxygen atoms in total. The van der Waals surface area contributed by atoms with Crippen molar-refractivity contribution in [3.05, 3.63) is 64.2 Å². The lowest BCUT2D eigenvalue weighted by molar-refractivity contribution is -0.384. The van der Waals surface area contributed by atoms with E-state index >= 15 is 0 Å². The summed E-state index contributed by atoms with van der Waals surface area (Å²) in [7, 11) is 1.67. The van der Waals surface area contributed by atoms with Gasteiger partial charge in [0.25, 0.3) is 11.6 Å². The summed E-state index contributed by atoms with van der Waals surface area (Å²) in [5, 5.41) is 13.6. The van der Waals surface area contributed by atoms with Crippen molar-refractivity contribution in [2.45, 2.75) is 19.4 Å². The first-order valence-electron chi connectivity index (χ1n) is 10.0. The zero-order chi connectivity index (χ0) is 21.3. The molecule has 1 N–H and O–H groups in total. The lowest BCUT2D eigenvalue weighted by atomic mass is 9.96. The van der Waals surface area contributed by atoms with E-state index in [-0.39, 0.29) is 18.2 Å². The van der Waals surface area contributed by atoms with E-state index < -0.39 is 4.92 Å². The third kappa shape index (κ3) is 6.45. The third-order valence-corrected chi connectivity index (χ3v) is 5.28. The molecule has 0 radical (unpaired) electrons. The number of benzene rings is 2. The molecule has 1 heterocycles. The fraction of sp³-hybridized carbons (Fsp3) is 0.409. The van der Waals surface area contributed by atoms with Crippen molar-refractivity contribution in [1.82, 2.24) is 10.2 Å². The number of hydrogen-bond donors (Lipinski definition) is 1. The molecule has 0 spiro atoms. The molecule has 1 fully saturated rings. The fourth-order valence-corrected chi connectivity index (χ4v) is 3.46. The summed E-state index contributed by atoms with van der Waals surface area (Å²) >= 11 is 0. The van der Waals surface area contributed by atoms with Crippen LogP contribution in [0.15, 0.2) is 48.5 Å². The molecule has 160 valence electrons. The molecular formula is C22H27N3O5. The smallest absolute Gasteiger partial charge is 0.269 e.